The summed E-state index contributed by atoms with van der Waals surface area (Å²) in [7, 11) is 0. The number of rotatable bonds is 1. The Labute approximate surface area is 101 Å². The van der Waals surface area contributed by atoms with Crippen molar-refractivity contribution < 1.29 is 9.59 Å². The molecule has 0 fully saturated rings. The van der Waals surface area contributed by atoms with Crippen molar-refractivity contribution in [1.29, 1.82) is 0 Å². The summed E-state index contributed by atoms with van der Waals surface area (Å²) < 4.78 is 1.23. The van der Waals surface area contributed by atoms with Gasteiger partial charge < -0.3 is 0 Å². The largest absolute Gasteiger partial charge is 0.295 e. The molecule has 2 aromatic rings. The number of anilines is 1. The molecule has 0 spiro atoms. The van der Waals surface area contributed by atoms with E-state index in [1.807, 2.05) is 0 Å². The van der Waals surface area contributed by atoms with E-state index in [4.69, 9.17) is 11.6 Å². The number of halogens is 1. The molecule has 0 aliphatic heterocycles. The molecule has 88 valence electrons. The van der Waals surface area contributed by atoms with E-state index >= 15 is 0 Å². The van der Waals surface area contributed by atoms with Crippen LogP contribution in [0.4, 0.5) is 5.95 Å². The molecule has 0 atom stereocenters. The highest BCUT2D eigenvalue weighted by atomic mass is 35.5. The molecule has 0 aliphatic rings. The predicted octanol–water partition coefficient (Wildman–Crippen LogP) is 1.10. The summed E-state index contributed by atoms with van der Waals surface area (Å²) in [5.41, 5.74) is 0.581. The first-order valence-electron chi connectivity index (χ1n) is 4.68. The van der Waals surface area contributed by atoms with E-state index in [1.54, 1.807) is 0 Å². The van der Waals surface area contributed by atoms with E-state index in [9.17, 15) is 9.59 Å². The van der Waals surface area contributed by atoms with Crippen LogP contribution < -0.4 is 5.32 Å². The van der Waals surface area contributed by atoms with Crippen LogP contribution in [0.3, 0.4) is 0 Å². The van der Waals surface area contributed by atoms with E-state index in [1.165, 1.54) is 24.7 Å². The number of nitrogens with one attached hydrogen (secondary N) is 1. The summed E-state index contributed by atoms with van der Waals surface area (Å²) in [6.45, 7) is 2.69. The maximum Gasteiger partial charge on any atom is 0.232 e. The number of carbonyl (C=O) groups excluding carboxylic acids is 2. The Morgan fingerprint density at radius 1 is 1.35 bits per heavy atom. The van der Waals surface area contributed by atoms with Gasteiger partial charge in [-0.3, -0.25) is 19.5 Å². The number of hydrogen-bond acceptors (Lipinski definition) is 5. The highest BCUT2D eigenvalue weighted by molar-refractivity contribution is 6.33. The lowest BCUT2D eigenvalue weighted by atomic mass is 10.5. The second-order valence-electron chi connectivity index (χ2n) is 3.33. The number of hydrogen-bond donors (Lipinski definition) is 1. The third-order valence-electron chi connectivity index (χ3n) is 1.98. The van der Waals surface area contributed by atoms with Gasteiger partial charge in [-0.15, -0.1) is 0 Å². The minimum absolute atomic E-state index is 0.0398. The lowest BCUT2D eigenvalue weighted by molar-refractivity contribution is -0.114. The normalized spacial score (nSPS) is 10.5. The molecule has 2 rings (SSSR count). The Kier molecular flexibility index (Phi) is 2.76. The third-order valence-corrected chi connectivity index (χ3v) is 2.24. The van der Waals surface area contributed by atoms with Gasteiger partial charge in [0.2, 0.25) is 17.8 Å². The monoisotopic (exact) mass is 253 g/mol. The van der Waals surface area contributed by atoms with E-state index in [-0.39, 0.29) is 28.6 Å². The van der Waals surface area contributed by atoms with Crippen LogP contribution in [-0.4, -0.2) is 31.3 Å². The zero-order chi connectivity index (χ0) is 12.6. The summed E-state index contributed by atoms with van der Waals surface area (Å²) in [6, 6.07) is 0. The molecule has 8 heteroatoms. The molecule has 1 amide bonds. The van der Waals surface area contributed by atoms with E-state index < -0.39 is 0 Å². The minimum Gasteiger partial charge on any atom is -0.295 e. The first kappa shape index (κ1) is 11.5. The van der Waals surface area contributed by atoms with Crippen LogP contribution in [-0.2, 0) is 4.79 Å². The van der Waals surface area contributed by atoms with E-state index in [2.05, 4.69) is 20.3 Å². The van der Waals surface area contributed by atoms with Crippen LogP contribution >= 0.6 is 11.6 Å². The average molecular weight is 254 g/mol. The molecule has 2 aromatic heterocycles. The summed E-state index contributed by atoms with van der Waals surface area (Å²) >= 11 is 5.87. The van der Waals surface area contributed by atoms with Crippen molar-refractivity contribution in [2.75, 3.05) is 5.32 Å². The summed E-state index contributed by atoms with van der Waals surface area (Å²) in [5, 5.41) is 2.48. The smallest absolute Gasteiger partial charge is 0.232 e. The number of amides is 1. The predicted molar refractivity (Wildman–Crippen MR) is 60.9 cm³/mol. The second kappa shape index (κ2) is 4.10. The van der Waals surface area contributed by atoms with Gasteiger partial charge in [0.15, 0.2) is 10.8 Å². The molecule has 0 aliphatic carbocycles. The Hall–Kier alpha value is -2.02. The molecular formula is C9H8ClN5O2. The maximum absolute atomic E-state index is 11.3. The summed E-state index contributed by atoms with van der Waals surface area (Å²) in [4.78, 5) is 34.0. The molecule has 0 unspecified atom stereocenters. The van der Waals surface area contributed by atoms with Crippen LogP contribution in [0.2, 0.25) is 5.15 Å². The number of fused-ring (bicyclic) bond motifs is 1. The molecule has 0 radical (unpaired) electrons. The van der Waals surface area contributed by atoms with Crippen molar-refractivity contribution in [1.82, 2.24) is 19.5 Å². The van der Waals surface area contributed by atoms with Crippen molar-refractivity contribution in [3.05, 3.63) is 11.5 Å². The molecule has 0 saturated carbocycles. The number of imidazole rings is 1. The average Bonchev–Trinajstić information content (AvgIpc) is 2.60. The highest BCUT2D eigenvalue weighted by Gasteiger charge is 2.14. The van der Waals surface area contributed by atoms with Gasteiger partial charge in [-0.05, 0) is 0 Å². The van der Waals surface area contributed by atoms with Gasteiger partial charge in [0, 0.05) is 13.8 Å². The second-order valence-corrected chi connectivity index (χ2v) is 3.68. The lowest BCUT2D eigenvalue weighted by Gasteiger charge is -2.02. The number of nitrogens with zero attached hydrogens (tertiary/aromatic N) is 4. The quantitative estimate of drug-likeness (QED) is 0.769. The summed E-state index contributed by atoms with van der Waals surface area (Å²) in [5.74, 6) is -0.539. The summed E-state index contributed by atoms with van der Waals surface area (Å²) in [6.07, 6.45) is 1.31. The van der Waals surface area contributed by atoms with Gasteiger partial charge >= 0.3 is 0 Å². The molecule has 2 heterocycles. The number of aromatic nitrogens is 4. The molecule has 0 saturated heterocycles. The Balaban J connectivity index is 2.64. The van der Waals surface area contributed by atoms with Gasteiger partial charge in [-0.1, -0.05) is 11.6 Å². The van der Waals surface area contributed by atoms with Gasteiger partial charge in [0.25, 0.3) is 0 Å². The van der Waals surface area contributed by atoms with Gasteiger partial charge in [-0.2, -0.15) is 9.97 Å². The zero-order valence-electron chi connectivity index (χ0n) is 9.06. The minimum atomic E-state index is -0.325. The third kappa shape index (κ3) is 2.09. The standard InChI is InChI=1S/C9H8ClN5O2/c1-4(16)12-9-13-7(10)6-8(14-9)15(3-11-6)5(2)17/h3H,1-2H3,(H,12,13,14,16). The Morgan fingerprint density at radius 3 is 2.65 bits per heavy atom. The molecule has 7 nitrogen and oxygen atoms in total. The van der Waals surface area contributed by atoms with Crippen molar-refractivity contribution in [2.24, 2.45) is 0 Å². The first-order chi connectivity index (χ1) is 7.99. The molecule has 0 aromatic carbocycles. The van der Waals surface area contributed by atoms with E-state index in [0.29, 0.717) is 5.52 Å². The molecule has 1 N–H and O–H groups in total. The van der Waals surface area contributed by atoms with Crippen LogP contribution in [0, 0.1) is 0 Å². The Morgan fingerprint density at radius 2 is 2.06 bits per heavy atom. The van der Waals surface area contributed by atoms with Crippen LogP contribution in [0.1, 0.15) is 18.6 Å². The van der Waals surface area contributed by atoms with Crippen molar-refractivity contribution in [2.45, 2.75) is 13.8 Å². The van der Waals surface area contributed by atoms with Crippen molar-refractivity contribution >= 4 is 40.5 Å². The fourth-order valence-corrected chi connectivity index (χ4v) is 1.52. The van der Waals surface area contributed by atoms with Crippen LogP contribution in [0.5, 0.6) is 0 Å². The SMILES string of the molecule is CC(=O)Nc1nc(Cl)c2ncn(C(C)=O)c2n1. The topological polar surface area (TPSA) is 89.8 Å². The molecule has 0 bridgehead atoms. The van der Waals surface area contributed by atoms with Gasteiger partial charge in [-0.25, -0.2) is 4.98 Å². The lowest BCUT2D eigenvalue weighted by Crippen LogP contribution is -2.11. The fraction of sp³-hybridized carbons (Fsp3) is 0.222. The fourth-order valence-electron chi connectivity index (χ4n) is 1.31. The highest BCUT2D eigenvalue weighted by Crippen LogP contribution is 2.20. The van der Waals surface area contributed by atoms with Gasteiger partial charge in [0.05, 0.1) is 0 Å². The maximum atomic E-state index is 11.3. The first-order valence-corrected chi connectivity index (χ1v) is 5.06. The van der Waals surface area contributed by atoms with Gasteiger partial charge in [0.1, 0.15) is 11.8 Å². The van der Waals surface area contributed by atoms with Crippen molar-refractivity contribution in [3.8, 4) is 0 Å². The van der Waals surface area contributed by atoms with Crippen LogP contribution in [0.15, 0.2) is 6.33 Å². The Bertz CT molecular complexity index is 621. The number of carbonyl (C=O) groups is 2. The van der Waals surface area contributed by atoms with Crippen molar-refractivity contribution in [3.63, 3.8) is 0 Å². The zero-order valence-corrected chi connectivity index (χ0v) is 9.82. The molecule has 17 heavy (non-hydrogen) atoms. The van der Waals surface area contributed by atoms with Crippen LogP contribution in [0.25, 0.3) is 11.2 Å². The van der Waals surface area contributed by atoms with E-state index in [0.717, 1.165) is 0 Å². The molecular weight excluding hydrogens is 246 g/mol.